The van der Waals surface area contributed by atoms with E-state index in [4.69, 9.17) is 11.6 Å². The lowest BCUT2D eigenvalue weighted by Gasteiger charge is -2.26. The van der Waals surface area contributed by atoms with Gasteiger partial charge in [0.05, 0.1) is 10.4 Å². The fourth-order valence-corrected chi connectivity index (χ4v) is 3.36. The van der Waals surface area contributed by atoms with Gasteiger partial charge >= 0.3 is 5.97 Å². The van der Waals surface area contributed by atoms with E-state index in [2.05, 4.69) is 15.9 Å². The predicted octanol–water partition coefficient (Wildman–Crippen LogP) is 4.14. The smallest absolute Gasteiger partial charge is 0.314 e. The van der Waals surface area contributed by atoms with Crippen LogP contribution in [0.5, 0.6) is 0 Å². The number of aliphatic carboxylic acids is 1. The van der Waals surface area contributed by atoms with Crippen LogP contribution in [0.1, 0.15) is 31.2 Å². The van der Waals surface area contributed by atoms with Crippen LogP contribution in [0.15, 0.2) is 16.6 Å². The highest BCUT2D eigenvalue weighted by molar-refractivity contribution is 9.10. The molecule has 0 unspecified atom stereocenters. The lowest BCUT2D eigenvalue weighted by molar-refractivity contribution is -0.143. The molecule has 1 saturated carbocycles. The molecule has 0 spiro atoms. The van der Waals surface area contributed by atoms with Crippen LogP contribution in [0.3, 0.4) is 0 Å². The molecular weight excluding hydrogens is 310 g/mol. The van der Waals surface area contributed by atoms with Crippen molar-refractivity contribution in [1.82, 2.24) is 0 Å². The molecule has 2 nitrogen and oxygen atoms in total. The molecule has 1 aliphatic rings. The summed E-state index contributed by atoms with van der Waals surface area (Å²) in [6.45, 7) is 0. The van der Waals surface area contributed by atoms with Crippen LogP contribution in [0.25, 0.3) is 0 Å². The molecule has 1 fully saturated rings. The fraction of sp³-hybridized carbons (Fsp3) is 0.417. The zero-order valence-electron chi connectivity index (χ0n) is 8.97. The summed E-state index contributed by atoms with van der Waals surface area (Å²) in [4.78, 5) is 11.5. The third kappa shape index (κ3) is 1.97. The number of carbonyl (C=O) groups is 1. The van der Waals surface area contributed by atoms with Gasteiger partial charge in [0, 0.05) is 10.0 Å². The summed E-state index contributed by atoms with van der Waals surface area (Å²) in [6.07, 6.45) is 2.51. The van der Waals surface area contributed by atoms with Crippen LogP contribution in [0.2, 0.25) is 5.02 Å². The lowest BCUT2D eigenvalue weighted by Crippen LogP contribution is -2.34. The molecule has 0 radical (unpaired) electrons. The fourth-order valence-electron chi connectivity index (χ4n) is 2.52. The molecular formula is C12H11BrClFO2. The van der Waals surface area contributed by atoms with Gasteiger partial charge in [-0.2, -0.15) is 0 Å². The predicted molar refractivity (Wildman–Crippen MR) is 66.9 cm³/mol. The van der Waals surface area contributed by atoms with Crippen LogP contribution in [0, 0.1) is 5.82 Å². The van der Waals surface area contributed by atoms with E-state index in [0.29, 0.717) is 17.3 Å². The van der Waals surface area contributed by atoms with Crippen molar-refractivity contribution in [3.8, 4) is 0 Å². The quantitative estimate of drug-likeness (QED) is 0.831. The van der Waals surface area contributed by atoms with Crippen molar-refractivity contribution in [2.75, 3.05) is 0 Å². The van der Waals surface area contributed by atoms with Gasteiger partial charge in [0.1, 0.15) is 5.82 Å². The number of carboxylic acids is 1. The summed E-state index contributed by atoms with van der Waals surface area (Å²) in [5.74, 6) is -1.60. The maximum Gasteiger partial charge on any atom is 0.314 e. The average Bonchev–Trinajstić information content (AvgIpc) is 2.74. The first-order valence-corrected chi connectivity index (χ1v) is 6.53. The summed E-state index contributed by atoms with van der Waals surface area (Å²) < 4.78 is 14.6. The van der Waals surface area contributed by atoms with Crippen LogP contribution >= 0.6 is 27.5 Å². The second kappa shape index (κ2) is 4.58. The van der Waals surface area contributed by atoms with Crippen molar-refractivity contribution >= 4 is 33.5 Å². The van der Waals surface area contributed by atoms with E-state index in [1.807, 2.05) is 0 Å². The molecule has 2 rings (SSSR count). The lowest BCUT2D eigenvalue weighted by atomic mass is 9.78. The van der Waals surface area contributed by atoms with Crippen molar-refractivity contribution < 1.29 is 14.3 Å². The first kappa shape index (κ1) is 12.8. The largest absolute Gasteiger partial charge is 0.481 e. The molecule has 1 aliphatic carbocycles. The summed E-state index contributed by atoms with van der Waals surface area (Å²) in [7, 11) is 0. The molecule has 0 saturated heterocycles. The van der Waals surface area contributed by atoms with Crippen LogP contribution in [-0.2, 0) is 10.2 Å². The van der Waals surface area contributed by atoms with E-state index in [0.717, 1.165) is 12.8 Å². The third-order valence-corrected chi connectivity index (χ3v) is 4.34. The molecule has 92 valence electrons. The number of hydrogen-bond donors (Lipinski definition) is 1. The molecule has 0 bridgehead atoms. The highest BCUT2D eigenvalue weighted by atomic mass is 79.9. The summed E-state index contributed by atoms with van der Waals surface area (Å²) in [6, 6.07) is 3.03. The van der Waals surface area contributed by atoms with Crippen LogP contribution in [0.4, 0.5) is 4.39 Å². The maximum absolute atomic E-state index is 14.1. The van der Waals surface area contributed by atoms with Gasteiger partial charge in [0.15, 0.2) is 0 Å². The maximum atomic E-state index is 14.1. The third-order valence-electron chi connectivity index (χ3n) is 3.39. The number of benzene rings is 1. The van der Waals surface area contributed by atoms with Crippen molar-refractivity contribution in [1.29, 1.82) is 0 Å². The van der Waals surface area contributed by atoms with Gasteiger partial charge in [-0.15, -0.1) is 0 Å². The topological polar surface area (TPSA) is 37.3 Å². The van der Waals surface area contributed by atoms with Gasteiger partial charge in [-0.3, -0.25) is 4.79 Å². The van der Waals surface area contributed by atoms with Gasteiger partial charge in [-0.1, -0.05) is 40.4 Å². The SMILES string of the molecule is O=C(O)C1(c2c(Br)ccc(Cl)c2F)CCCC1. The summed E-state index contributed by atoms with van der Waals surface area (Å²) in [5.41, 5.74) is -0.941. The Morgan fingerprint density at radius 3 is 2.53 bits per heavy atom. The minimum Gasteiger partial charge on any atom is -0.481 e. The minimum atomic E-state index is -1.13. The molecule has 1 N–H and O–H groups in total. The number of rotatable bonds is 2. The van der Waals surface area contributed by atoms with Crippen LogP contribution in [-0.4, -0.2) is 11.1 Å². The number of hydrogen-bond acceptors (Lipinski definition) is 1. The molecule has 0 aromatic heterocycles. The first-order chi connectivity index (χ1) is 7.99. The molecule has 1 aromatic carbocycles. The molecule has 0 heterocycles. The van der Waals surface area contributed by atoms with E-state index in [-0.39, 0.29) is 10.6 Å². The molecule has 0 atom stereocenters. The molecule has 1 aromatic rings. The van der Waals surface area contributed by atoms with Crippen molar-refractivity contribution in [3.63, 3.8) is 0 Å². The number of halogens is 3. The Bertz CT molecular complexity index is 470. The van der Waals surface area contributed by atoms with E-state index >= 15 is 0 Å². The first-order valence-electron chi connectivity index (χ1n) is 5.36. The Balaban J connectivity index is 2.66. The van der Waals surface area contributed by atoms with Gasteiger partial charge in [-0.05, 0) is 25.0 Å². The normalized spacial score (nSPS) is 18.3. The van der Waals surface area contributed by atoms with E-state index in [9.17, 15) is 14.3 Å². The zero-order chi connectivity index (χ0) is 12.6. The van der Waals surface area contributed by atoms with Gasteiger partial charge in [-0.25, -0.2) is 4.39 Å². The highest BCUT2D eigenvalue weighted by Crippen LogP contribution is 2.46. The van der Waals surface area contributed by atoms with Gasteiger partial charge < -0.3 is 5.11 Å². The average molecular weight is 322 g/mol. The minimum absolute atomic E-state index is 0.0317. The summed E-state index contributed by atoms with van der Waals surface area (Å²) >= 11 is 8.97. The Kier molecular flexibility index (Phi) is 3.46. The second-order valence-electron chi connectivity index (χ2n) is 4.31. The molecule has 17 heavy (non-hydrogen) atoms. The highest BCUT2D eigenvalue weighted by Gasteiger charge is 2.46. The van der Waals surface area contributed by atoms with E-state index in [1.165, 1.54) is 6.07 Å². The molecule has 0 amide bonds. The van der Waals surface area contributed by atoms with E-state index < -0.39 is 17.2 Å². The Labute approximate surface area is 112 Å². The van der Waals surface area contributed by atoms with Gasteiger partial charge in [0.25, 0.3) is 0 Å². The Morgan fingerprint density at radius 1 is 1.41 bits per heavy atom. The van der Waals surface area contributed by atoms with E-state index in [1.54, 1.807) is 6.07 Å². The zero-order valence-corrected chi connectivity index (χ0v) is 11.3. The van der Waals surface area contributed by atoms with Gasteiger partial charge in [0.2, 0.25) is 0 Å². The number of carboxylic acid groups (broad SMARTS) is 1. The van der Waals surface area contributed by atoms with Crippen LogP contribution < -0.4 is 0 Å². The monoisotopic (exact) mass is 320 g/mol. The Morgan fingerprint density at radius 2 is 2.00 bits per heavy atom. The standard InChI is InChI=1S/C12H11BrClFO2/c13-7-3-4-8(14)10(15)9(7)12(11(16)17)5-1-2-6-12/h3-4H,1-2,5-6H2,(H,16,17). The Hall–Kier alpha value is -0.610. The molecule has 0 aliphatic heterocycles. The molecule has 5 heteroatoms. The van der Waals surface area contributed by atoms with Crippen molar-refractivity contribution in [2.24, 2.45) is 0 Å². The summed E-state index contributed by atoms with van der Waals surface area (Å²) in [5, 5.41) is 9.39. The van der Waals surface area contributed by atoms with Crippen molar-refractivity contribution in [3.05, 3.63) is 33.0 Å². The second-order valence-corrected chi connectivity index (χ2v) is 5.57. The van der Waals surface area contributed by atoms with Crippen molar-refractivity contribution in [2.45, 2.75) is 31.1 Å².